The van der Waals surface area contributed by atoms with Gasteiger partial charge >= 0.3 is 0 Å². The molecule has 1 aromatic heterocycles. The first-order valence-electron chi connectivity index (χ1n) is 7.71. The Labute approximate surface area is 142 Å². The standard InChI is InChI=1S/C18H15N5O2/c19-18(23-25)11-5-3-4-10(8-11)15-17-16(22-14(24)9-20-15)12-6-1-2-7-13(12)21-17/h1-8,21,25H,9H2,(H2,19,23)(H,22,24). The second-order valence-electron chi connectivity index (χ2n) is 5.70. The Morgan fingerprint density at radius 1 is 1.20 bits per heavy atom. The Morgan fingerprint density at radius 2 is 2.04 bits per heavy atom. The number of amides is 1. The third-order valence-electron chi connectivity index (χ3n) is 4.13. The summed E-state index contributed by atoms with van der Waals surface area (Å²) in [6, 6.07) is 14.9. The Hall–Kier alpha value is -3.61. The number of hydrogen-bond donors (Lipinski definition) is 4. The molecule has 0 radical (unpaired) electrons. The minimum atomic E-state index is -0.173. The highest BCUT2D eigenvalue weighted by Crippen LogP contribution is 2.31. The molecule has 1 aliphatic heterocycles. The molecule has 0 spiro atoms. The predicted octanol–water partition coefficient (Wildman–Crippen LogP) is 2.05. The van der Waals surface area contributed by atoms with Gasteiger partial charge in [0, 0.05) is 22.0 Å². The SMILES string of the molecule is N/C(=N/O)c1cccc(C2=NCC(=O)Nc3c2[nH]c2ccccc32)c1. The molecule has 4 rings (SSSR count). The van der Waals surface area contributed by atoms with E-state index < -0.39 is 0 Å². The van der Waals surface area contributed by atoms with E-state index in [0.717, 1.165) is 22.2 Å². The summed E-state index contributed by atoms with van der Waals surface area (Å²) in [4.78, 5) is 19.9. The lowest BCUT2D eigenvalue weighted by Gasteiger charge is -2.07. The number of benzene rings is 2. The Kier molecular flexibility index (Phi) is 3.46. The fourth-order valence-corrected chi connectivity index (χ4v) is 2.98. The molecular formula is C18H15N5O2. The van der Waals surface area contributed by atoms with Crippen molar-refractivity contribution in [2.24, 2.45) is 15.9 Å². The first-order valence-corrected chi connectivity index (χ1v) is 7.71. The molecule has 3 aromatic rings. The molecule has 0 fully saturated rings. The first-order chi connectivity index (χ1) is 12.2. The third-order valence-corrected chi connectivity index (χ3v) is 4.13. The van der Waals surface area contributed by atoms with E-state index in [-0.39, 0.29) is 18.3 Å². The van der Waals surface area contributed by atoms with Crippen molar-refractivity contribution < 1.29 is 10.0 Å². The first kappa shape index (κ1) is 14.9. The van der Waals surface area contributed by atoms with Crippen LogP contribution in [0.3, 0.4) is 0 Å². The normalized spacial score (nSPS) is 14.6. The molecule has 0 saturated heterocycles. The van der Waals surface area contributed by atoms with Crippen LogP contribution >= 0.6 is 0 Å². The average Bonchev–Trinajstić information content (AvgIpc) is 2.91. The maximum Gasteiger partial charge on any atom is 0.246 e. The van der Waals surface area contributed by atoms with Crippen LogP contribution in [-0.4, -0.2) is 34.2 Å². The number of oxime groups is 1. The Bertz CT molecular complexity index is 1050. The van der Waals surface area contributed by atoms with Crippen LogP contribution in [0.5, 0.6) is 0 Å². The Morgan fingerprint density at radius 3 is 2.88 bits per heavy atom. The Balaban J connectivity index is 1.93. The number of para-hydroxylation sites is 1. The van der Waals surface area contributed by atoms with Crippen molar-refractivity contribution >= 4 is 34.0 Å². The predicted molar refractivity (Wildman–Crippen MR) is 96.4 cm³/mol. The number of aliphatic imine (C=N–C) groups is 1. The van der Waals surface area contributed by atoms with Crippen molar-refractivity contribution in [3.05, 3.63) is 65.4 Å². The van der Waals surface area contributed by atoms with Gasteiger partial charge in [-0.3, -0.25) is 9.79 Å². The summed E-state index contributed by atoms with van der Waals surface area (Å²) < 4.78 is 0. The van der Waals surface area contributed by atoms with Crippen molar-refractivity contribution in [2.45, 2.75) is 0 Å². The van der Waals surface area contributed by atoms with E-state index in [1.165, 1.54) is 0 Å². The summed E-state index contributed by atoms with van der Waals surface area (Å²) in [7, 11) is 0. The molecule has 25 heavy (non-hydrogen) atoms. The number of nitrogens with one attached hydrogen (secondary N) is 2. The largest absolute Gasteiger partial charge is 0.409 e. The van der Waals surface area contributed by atoms with Crippen molar-refractivity contribution in [1.82, 2.24) is 4.98 Å². The molecule has 5 N–H and O–H groups in total. The molecule has 7 heteroatoms. The van der Waals surface area contributed by atoms with Crippen molar-refractivity contribution in [2.75, 3.05) is 11.9 Å². The lowest BCUT2D eigenvalue weighted by Crippen LogP contribution is -2.14. The molecule has 2 heterocycles. The van der Waals surface area contributed by atoms with Crippen LogP contribution < -0.4 is 11.1 Å². The van der Waals surface area contributed by atoms with Crippen LogP contribution in [0.2, 0.25) is 0 Å². The molecule has 0 unspecified atom stereocenters. The molecule has 0 bridgehead atoms. The van der Waals surface area contributed by atoms with E-state index in [2.05, 4.69) is 20.4 Å². The van der Waals surface area contributed by atoms with Gasteiger partial charge in [-0.15, -0.1) is 0 Å². The number of rotatable bonds is 2. The van der Waals surface area contributed by atoms with Gasteiger partial charge in [-0.25, -0.2) is 0 Å². The van der Waals surface area contributed by atoms with Gasteiger partial charge < -0.3 is 21.2 Å². The molecule has 7 nitrogen and oxygen atoms in total. The van der Waals surface area contributed by atoms with Gasteiger partial charge in [0.15, 0.2) is 5.84 Å². The number of H-pyrrole nitrogens is 1. The summed E-state index contributed by atoms with van der Waals surface area (Å²) in [5.41, 5.74) is 10.0. The zero-order valence-corrected chi connectivity index (χ0v) is 13.2. The number of aromatic amines is 1. The van der Waals surface area contributed by atoms with Crippen LogP contribution in [0.15, 0.2) is 58.7 Å². The van der Waals surface area contributed by atoms with Crippen molar-refractivity contribution in [3.8, 4) is 0 Å². The second-order valence-corrected chi connectivity index (χ2v) is 5.70. The maximum absolute atomic E-state index is 12.1. The lowest BCUT2D eigenvalue weighted by molar-refractivity contribution is -0.114. The van der Waals surface area contributed by atoms with Gasteiger partial charge in [0.2, 0.25) is 5.91 Å². The van der Waals surface area contributed by atoms with E-state index in [4.69, 9.17) is 10.9 Å². The van der Waals surface area contributed by atoms with E-state index in [9.17, 15) is 4.79 Å². The fourth-order valence-electron chi connectivity index (χ4n) is 2.98. The number of anilines is 1. The van der Waals surface area contributed by atoms with Gasteiger partial charge in [0.25, 0.3) is 0 Å². The van der Waals surface area contributed by atoms with Crippen LogP contribution in [-0.2, 0) is 4.79 Å². The number of aromatic nitrogens is 1. The lowest BCUT2D eigenvalue weighted by atomic mass is 10.0. The number of hydrogen-bond acceptors (Lipinski definition) is 4. The number of fused-ring (bicyclic) bond motifs is 3. The number of nitrogens with two attached hydrogens (primary N) is 1. The highest BCUT2D eigenvalue weighted by Gasteiger charge is 2.22. The van der Waals surface area contributed by atoms with Crippen LogP contribution in [0.4, 0.5) is 5.69 Å². The maximum atomic E-state index is 12.1. The molecular weight excluding hydrogens is 318 g/mol. The number of amidine groups is 1. The molecule has 2 aromatic carbocycles. The molecule has 0 aliphatic carbocycles. The van der Waals surface area contributed by atoms with E-state index in [0.29, 0.717) is 17.0 Å². The van der Waals surface area contributed by atoms with Crippen LogP contribution in [0, 0.1) is 0 Å². The molecule has 0 atom stereocenters. The summed E-state index contributed by atoms with van der Waals surface area (Å²) in [5, 5.41) is 15.8. The van der Waals surface area contributed by atoms with E-state index in [1.54, 1.807) is 18.2 Å². The minimum Gasteiger partial charge on any atom is -0.409 e. The topological polar surface area (TPSA) is 116 Å². The van der Waals surface area contributed by atoms with Gasteiger partial charge in [-0.2, -0.15) is 0 Å². The average molecular weight is 333 g/mol. The summed E-state index contributed by atoms with van der Waals surface area (Å²) >= 11 is 0. The number of carbonyl (C=O) groups excluding carboxylic acids is 1. The van der Waals surface area contributed by atoms with Gasteiger partial charge in [0.05, 0.1) is 17.1 Å². The smallest absolute Gasteiger partial charge is 0.246 e. The number of nitrogens with zero attached hydrogens (tertiary/aromatic N) is 2. The van der Waals surface area contributed by atoms with Crippen LogP contribution in [0.25, 0.3) is 10.9 Å². The van der Waals surface area contributed by atoms with Gasteiger partial charge in [0.1, 0.15) is 6.54 Å². The van der Waals surface area contributed by atoms with Crippen LogP contribution in [0.1, 0.15) is 16.8 Å². The quantitative estimate of drug-likeness (QED) is 0.249. The third kappa shape index (κ3) is 2.51. The molecule has 1 aliphatic rings. The highest BCUT2D eigenvalue weighted by atomic mass is 16.4. The summed E-state index contributed by atoms with van der Waals surface area (Å²) in [6.45, 7) is 0.0278. The van der Waals surface area contributed by atoms with E-state index >= 15 is 0 Å². The molecule has 0 saturated carbocycles. The monoisotopic (exact) mass is 333 g/mol. The fraction of sp³-hybridized carbons (Fsp3) is 0.0556. The summed E-state index contributed by atoms with van der Waals surface area (Å²) in [6.07, 6.45) is 0. The zero-order valence-electron chi connectivity index (χ0n) is 13.2. The number of carbonyl (C=O) groups is 1. The second kappa shape index (κ2) is 5.79. The molecule has 1 amide bonds. The van der Waals surface area contributed by atoms with E-state index in [1.807, 2.05) is 30.3 Å². The highest BCUT2D eigenvalue weighted by molar-refractivity contribution is 6.23. The van der Waals surface area contributed by atoms with Gasteiger partial charge in [-0.05, 0) is 12.1 Å². The summed E-state index contributed by atoms with van der Waals surface area (Å²) in [5.74, 6) is -0.157. The van der Waals surface area contributed by atoms with Crippen molar-refractivity contribution in [3.63, 3.8) is 0 Å². The minimum absolute atomic E-state index is 0.0159. The molecule has 124 valence electrons. The zero-order chi connectivity index (χ0) is 17.4. The van der Waals surface area contributed by atoms with Gasteiger partial charge in [-0.1, -0.05) is 41.6 Å². The van der Waals surface area contributed by atoms with Crippen molar-refractivity contribution in [1.29, 1.82) is 0 Å².